The van der Waals surface area contributed by atoms with Crippen LogP contribution in [0, 0.1) is 13.0 Å². The quantitative estimate of drug-likeness (QED) is 0.654. The maximum Gasteiger partial charge on any atom is 0.0450 e. The zero-order valence-electron chi connectivity index (χ0n) is 6.44. The molecule has 1 heteroatoms. The number of benzene rings is 1. The molecule has 0 bridgehead atoms. The largest absolute Gasteiger partial charge is 0.385 e. The summed E-state index contributed by atoms with van der Waals surface area (Å²) < 4.78 is 0. The van der Waals surface area contributed by atoms with Crippen molar-refractivity contribution in [3.05, 3.63) is 29.8 Å². The summed E-state index contributed by atoms with van der Waals surface area (Å²) in [4.78, 5) is 0. The molecule has 0 heterocycles. The van der Waals surface area contributed by atoms with Crippen LogP contribution >= 0.6 is 0 Å². The third-order valence-corrected chi connectivity index (χ3v) is 1.42. The Hall–Kier alpha value is -0.980. The summed E-state index contributed by atoms with van der Waals surface area (Å²) >= 11 is 0. The number of hydrogen-bond donors (Lipinski definition) is 1. The Kier molecular flexibility index (Phi) is 2.32. The molecule has 10 heavy (non-hydrogen) atoms. The Morgan fingerprint density at radius 2 is 2.40 bits per heavy atom. The minimum absolute atomic E-state index is 0.960. The van der Waals surface area contributed by atoms with E-state index >= 15 is 0 Å². The minimum atomic E-state index is 0.960. The lowest BCUT2D eigenvalue weighted by Gasteiger charge is -2.04. The van der Waals surface area contributed by atoms with E-state index < -0.39 is 0 Å². The van der Waals surface area contributed by atoms with Crippen molar-refractivity contribution in [3.8, 4) is 0 Å². The molecule has 0 saturated heterocycles. The summed E-state index contributed by atoms with van der Waals surface area (Å²) in [6.45, 7) is 5.12. The molecule has 1 nitrogen and oxygen atoms in total. The SMILES string of the molecule is CCNc1[c]cccc1C. The summed E-state index contributed by atoms with van der Waals surface area (Å²) in [6, 6.07) is 9.12. The average molecular weight is 134 g/mol. The molecule has 0 aliphatic rings. The number of para-hydroxylation sites is 1. The molecule has 1 aromatic carbocycles. The highest BCUT2D eigenvalue weighted by atomic mass is 14.9. The predicted molar refractivity (Wildman–Crippen MR) is 44.2 cm³/mol. The smallest absolute Gasteiger partial charge is 0.0450 e. The molecule has 0 aromatic heterocycles. The van der Waals surface area contributed by atoms with Crippen LogP contribution in [0.4, 0.5) is 5.69 Å². The highest BCUT2D eigenvalue weighted by molar-refractivity contribution is 5.48. The lowest BCUT2D eigenvalue weighted by Crippen LogP contribution is -1.97. The summed E-state index contributed by atoms with van der Waals surface area (Å²) in [7, 11) is 0. The Morgan fingerprint density at radius 1 is 1.60 bits per heavy atom. The van der Waals surface area contributed by atoms with Crippen molar-refractivity contribution >= 4 is 5.69 Å². The number of nitrogens with one attached hydrogen (secondary N) is 1. The van der Waals surface area contributed by atoms with Crippen molar-refractivity contribution in [3.63, 3.8) is 0 Å². The maximum atomic E-state index is 3.22. The van der Waals surface area contributed by atoms with Gasteiger partial charge in [0.1, 0.15) is 0 Å². The first-order valence-electron chi connectivity index (χ1n) is 3.55. The Labute approximate surface area is 62.1 Å². The molecule has 1 rings (SSSR count). The van der Waals surface area contributed by atoms with E-state index in [0.717, 1.165) is 12.2 Å². The molecule has 0 aliphatic heterocycles. The molecule has 0 atom stereocenters. The van der Waals surface area contributed by atoms with E-state index in [2.05, 4.69) is 31.3 Å². The van der Waals surface area contributed by atoms with E-state index in [0.29, 0.717) is 0 Å². The molecule has 0 spiro atoms. The molecule has 1 N–H and O–H groups in total. The summed E-state index contributed by atoms with van der Waals surface area (Å²) in [5.74, 6) is 0. The number of rotatable bonds is 2. The molecule has 0 unspecified atom stereocenters. The van der Waals surface area contributed by atoms with Gasteiger partial charge in [-0.15, -0.1) is 0 Å². The monoisotopic (exact) mass is 134 g/mol. The third-order valence-electron chi connectivity index (χ3n) is 1.42. The minimum Gasteiger partial charge on any atom is -0.385 e. The maximum absolute atomic E-state index is 3.22. The predicted octanol–water partition coefficient (Wildman–Crippen LogP) is 2.23. The number of aryl methyl sites for hydroxylation is 1. The normalized spacial score (nSPS) is 9.40. The van der Waals surface area contributed by atoms with Crippen LogP contribution in [0.5, 0.6) is 0 Å². The first-order chi connectivity index (χ1) is 4.84. The van der Waals surface area contributed by atoms with E-state index in [1.54, 1.807) is 0 Å². The van der Waals surface area contributed by atoms with Gasteiger partial charge in [-0.1, -0.05) is 18.2 Å². The molecular weight excluding hydrogens is 122 g/mol. The van der Waals surface area contributed by atoms with Gasteiger partial charge in [-0.2, -0.15) is 0 Å². The van der Waals surface area contributed by atoms with Crippen LogP contribution in [-0.2, 0) is 0 Å². The van der Waals surface area contributed by atoms with Crippen LogP contribution in [-0.4, -0.2) is 6.54 Å². The molecule has 0 fully saturated rings. The van der Waals surface area contributed by atoms with Gasteiger partial charge in [0.2, 0.25) is 0 Å². The van der Waals surface area contributed by atoms with E-state index in [1.807, 2.05) is 12.1 Å². The van der Waals surface area contributed by atoms with Crippen molar-refractivity contribution in [2.45, 2.75) is 13.8 Å². The lowest BCUT2D eigenvalue weighted by atomic mass is 10.2. The molecule has 1 radical (unpaired) electrons. The molecular formula is C9H12N. The Bertz CT molecular complexity index is 206. The van der Waals surface area contributed by atoms with Gasteiger partial charge in [0, 0.05) is 18.3 Å². The second-order valence-electron chi connectivity index (χ2n) is 2.26. The van der Waals surface area contributed by atoms with Crippen molar-refractivity contribution in [1.29, 1.82) is 0 Å². The van der Waals surface area contributed by atoms with Crippen LogP contribution in [0.1, 0.15) is 12.5 Å². The van der Waals surface area contributed by atoms with Gasteiger partial charge in [0.25, 0.3) is 0 Å². The zero-order chi connectivity index (χ0) is 7.40. The molecule has 0 aliphatic carbocycles. The molecule has 0 amide bonds. The lowest BCUT2D eigenvalue weighted by molar-refractivity contribution is 1.20. The van der Waals surface area contributed by atoms with E-state index in [4.69, 9.17) is 0 Å². The zero-order valence-corrected chi connectivity index (χ0v) is 6.44. The standard InChI is InChI=1S/C9H12N/c1-3-10-9-7-5-4-6-8(9)2/h4-6,10H,3H2,1-2H3. The summed E-state index contributed by atoms with van der Waals surface area (Å²) in [5.41, 5.74) is 2.37. The Balaban J connectivity index is 2.81. The van der Waals surface area contributed by atoms with Gasteiger partial charge in [-0.05, 0) is 19.4 Å². The summed E-state index contributed by atoms with van der Waals surface area (Å²) in [5, 5.41) is 3.22. The van der Waals surface area contributed by atoms with Crippen LogP contribution in [0.15, 0.2) is 18.2 Å². The van der Waals surface area contributed by atoms with Crippen molar-refractivity contribution in [2.75, 3.05) is 11.9 Å². The fourth-order valence-electron chi connectivity index (χ4n) is 0.888. The van der Waals surface area contributed by atoms with Crippen LogP contribution in [0.3, 0.4) is 0 Å². The van der Waals surface area contributed by atoms with Gasteiger partial charge < -0.3 is 5.32 Å². The second kappa shape index (κ2) is 3.25. The van der Waals surface area contributed by atoms with Crippen molar-refractivity contribution < 1.29 is 0 Å². The van der Waals surface area contributed by atoms with Gasteiger partial charge in [0.05, 0.1) is 0 Å². The van der Waals surface area contributed by atoms with Gasteiger partial charge >= 0.3 is 0 Å². The van der Waals surface area contributed by atoms with E-state index in [9.17, 15) is 0 Å². The second-order valence-corrected chi connectivity index (χ2v) is 2.26. The van der Waals surface area contributed by atoms with Crippen molar-refractivity contribution in [1.82, 2.24) is 0 Å². The van der Waals surface area contributed by atoms with Crippen LogP contribution in [0.2, 0.25) is 0 Å². The van der Waals surface area contributed by atoms with Gasteiger partial charge in [0.15, 0.2) is 0 Å². The van der Waals surface area contributed by atoms with E-state index in [1.165, 1.54) is 5.56 Å². The topological polar surface area (TPSA) is 12.0 Å². The van der Waals surface area contributed by atoms with Gasteiger partial charge in [-0.3, -0.25) is 0 Å². The summed E-state index contributed by atoms with van der Waals surface area (Å²) in [6.07, 6.45) is 0. The first-order valence-corrected chi connectivity index (χ1v) is 3.55. The number of anilines is 1. The highest BCUT2D eigenvalue weighted by Crippen LogP contribution is 2.10. The average Bonchev–Trinajstić information content (AvgIpc) is 1.94. The molecule has 1 aromatic rings. The molecule has 53 valence electrons. The van der Waals surface area contributed by atoms with Crippen LogP contribution < -0.4 is 5.32 Å². The number of hydrogen-bond acceptors (Lipinski definition) is 1. The Morgan fingerprint density at radius 3 is 3.00 bits per heavy atom. The first kappa shape index (κ1) is 7.13. The fourth-order valence-corrected chi connectivity index (χ4v) is 0.888. The third kappa shape index (κ3) is 1.50. The van der Waals surface area contributed by atoms with Gasteiger partial charge in [-0.25, -0.2) is 0 Å². The van der Waals surface area contributed by atoms with Crippen molar-refractivity contribution in [2.24, 2.45) is 0 Å². The fraction of sp³-hybridized carbons (Fsp3) is 0.333. The highest BCUT2D eigenvalue weighted by Gasteiger charge is 1.91. The van der Waals surface area contributed by atoms with Crippen LogP contribution in [0.25, 0.3) is 0 Å². The molecule has 0 saturated carbocycles. The van der Waals surface area contributed by atoms with E-state index in [-0.39, 0.29) is 0 Å².